The van der Waals surface area contributed by atoms with Gasteiger partial charge in [-0.2, -0.15) is 0 Å². The molecular weight excluding hydrogens is 473 g/mol. The highest BCUT2D eigenvalue weighted by atomic mass is 28.3. The third-order valence-corrected chi connectivity index (χ3v) is 16.5. The monoisotopic (exact) mass is 514 g/mol. The zero-order valence-corrected chi connectivity index (χ0v) is 27.5. The molecule has 5 rings (SSSR count). The molecule has 0 aliphatic heterocycles. The van der Waals surface area contributed by atoms with Crippen LogP contribution in [0.25, 0.3) is 43.1 Å². The highest BCUT2D eigenvalue weighted by Crippen LogP contribution is 2.43. The smallest absolute Gasteiger partial charge is 0.0656 e. The average molecular weight is 515 g/mol. The summed E-state index contributed by atoms with van der Waals surface area (Å²) in [6.45, 7) is 30.2. The zero-order chi connectivity index (χ0) is 25.2. The van der Waals surface area contributed by atoms with Crippen molar-refractivity contribution in [3.63, 3.8) is 0 Å². The second-order valence-corrected chi connectivity index (χ2v) is 35.0. The van der Waals surface area contributed by atoms with Gasteiger partial charge in [-0.15, -0.1) is 0 Å². The van der Waals surface area contributed by atoms with Crippen LogP contribution in [0.3, 0.4) is 0 Å². The van der Waals surface area contributed by atoms with Gasteiger partial charge in [-0.25, -0.2) is 0 Å². The fourth-order valence-corrected chi connectivity index (χ4v) is 16.3. The van der Waals surface area contributed by atoms with Gasteiger partial charge in [0.15, 0.2) is 0 Å². The summed E-state index contributed by atoms with van der Waals surface area (Å²) in [5, 5.41) is 18.8. The van der Waals surface area contributed by atoms with Crippen molar-refractivity contribution in [1.29, 1.82) is 0 Å². The van der Waals surface area contributed by atoms with E-state index in [1.54, 1.807) is 20.7 Å². The summed E-state index contributed by atoms with van der Waals surface area (Å²) < 4.78 is 0. The SMILES string of the molecule is C[Si](C)(C)c1cc2c(cc1[Si](C)(C)C)c1cc3c4cc([Si](C)(C)C)c([Si](C)(C)C)cc4c3cc21. The molecule has 0 unspecified atom stereocenters. The van der Waals surface area contributed by atoms with Gasteiger partial charge < -0.3 is 0 Å². The van der Waals surface area contributed by atoms with Crippen molar-refractivity contribution < 1.29 is 0 Å². The first-order valence-electron chi connectivity index (χ1n) is 13.0. The van der Waals surface area contributed by atoms with E-state index in [9.17, 15) is 0 Å². The molecule has 0 atom stereocenters. The van der Waals surface area contributed by atoms with Crippen LogP contribution < -0.4 is 20.7 Å². The van der Waals surface area contributed by atoms with E-state index in [4.69, 9.17) is 0 Å². The molecule has 0 spiro atoms. The van der Waals surface area contributed by atoms with Crippen LogP contribution in [0.15, 0.2) is 36.4 Å². The van der Waals surface area contributed by atoms with Gasteiger partial charge in [0.2, 0.25) is 0 Å². The fourth-order valence-electron chi connectivity index (χ4n) is 5.94. The predicted molar refractivity (Wildman–Crippen MR) is 171 cm³/mol. The Hall–Kier alpha value is -1.47. The van der Waals surface area contributed by atoms with E-state index in [1.807, 2.05) is 0 Å². The predicted octanol–water partition coefficient (Wildman–Crippen LogP) is 7.36. The van der Waals surface area contributed by atoms with Gasteiger partial charge >= 0.3 is 0 Å². The summed E-state index contributed by atoms with van der Waals surface area (Å²) in [4.78, 5) is 0. The summed E-state index contributed by atoms with van der Waals surface area (Å²) in [7, 11) is -5.63. The van der Waals surface area contributed by atoms with Gasteiger partial charge in [0.1, 0.15) is 0 Å². The first-order valence-corrected chi connectivity index (χ1v) is 27.0. The lowest BCUT2D eigenvalue weighted by molar-refractivity contribution is 1.69. The molecule has 4 heteroatoms. The molecule has 0 saturated heterocycles. The quantitative estimate of drug-likeness (QED) is 0.220. The lowest BCUT2D eigenvalue weighted by Gasteiger charge is -2.31. The van der Waals surface area contributed by atoms with Crippen LogP contribution >= 0.6 is 0 Å². The maximum Gasteiger partial charge on any atom is 0.0774 e. The van der Waals surface area contributed by atoms with E-state index in [0.29, 0.717) is 0 Å². The lowest BCUT2D eigenvalue weighted by Crippen LogP contribution is -2.56. The first kappa shape index (κ1) is 24.2. The Morgan fingerprint density at radius 2 is 0.412 bits per heavy atom. The lowest BCUT2D eigenvalue weighted by atomic mass is 9.86. The molecular formula is C30H42Si4. The van der Waals surface area contributed by atoms with Gasteiger partial charge in [-0.1, -0.05) is 124 Å². The van der Waals surface area contributed by atoms with Crippen LogP contribution in [0.2, 0.25) is 78.6 Å². The molecule has 0 heterocycles. The van der Waals surface area contributed by atoms with Crippen LogP contribution in [-0.2, 0) is 0 Å². The van der Waals surface area contributed by atoms with E-state index in [2.05, 4.69) is 115 Å². The van der Waals surface area contributed by atoms with Crippen molar-refractivity contribution in [2.45, 2.75) is 78.6 Å². The Kier molecular flexibility index (Phi) is 5.03. The number of rotatable bonds is 4. The molecule has 0 N–H and O–H groups in total. The van der Waals surface area contributed by atoms with E-state index >= 15 is 0 Å². The first-order chi connectivity index (χ1) is 15.4. The Labute approximate surface area is 210 Å². The standard InChI is InChI=1S/C30H42Si4/c1-31(2,3)27-15-23-19-13-21-22(14-20(19)24(23)16-28(27)32(4,5)6)26-18-30(34(10,11)12)29(17-25(21)26)33(7,8)9/h13-18H,1-12H3. The van der Waals surface area contributed by atoms with E-state index in [-0.39, 0.29) is 0 Å². The molecule has 34 heavy (non-hydrogen) atoms. The van der Waals surface area contributed by atoms with Crippen LogP contribution in [0, 0.1) is 0 Å². The highest BCUT2D eigenvalue weighted by Gasteiger charge is 2.31. The summed E-state index contributed by atoms with van der Waals surface area (Å²) in [6, 6.07) is 15.5. The Morgan fingerprint density at radius 1 is 0.265 bits per heavy atom. The van der Waals surface area contributed by atoms with Crippen LogP contribution in [0.4, 0.5) is 0 Å². The second-order valence-electron chi connectivity index (χ2n) is 14.8. The van der Waals surface area contributed by atoms with E-state index in [0.717, 1.165) is 0 Å². The molecule has 0 amide bonds. The molecule has 0 fully saturated rings. The van der Waals surface area contributed by atoms with Crippen LogP contribution in [0.5, 0.6) is 0 Å². The molecule has 0 aromatic heterocycles. The number of hydrogen-bond donors (Lipinski definition) is 0. The molecule has 5 aromatic carbocycles. The maximum atomic E-state index is 2.60. The molecule has 0 bridgehead atoms. The highest BCUT2D eigenvalue weighted by molar-refractivity contribution is 6.99. The average Bonchev–Trinajstić information content (AvgIpc) is 2.65. The van der Waals surface area contributed by atoms with Crippen molar-refractivity contribution in [2.75, 3.05) is 0 Å². The number of hydrogen-bond acceptors (Lipinski definition) is 0. The minimum atomic E-state index is -1.41. The molecule has 0 saturated carbocycles. The molecule has 0 radical (unpaired) electrons. The van der Waals surface area contributed by atoms with Gasteiger partial charge in [-0.05, 0) is 55.2 Å². The number of benzene rings is 3. The van der Waals surface area contributed by atoms with Crippen molar-refractivity contribution in [3.05, 3.63) is 36.4 Å². The summed E-state index contributed by atoms with van der Waals surface area (Å²) >= 11 is 0. The molecule has 178 valence electrons. The van der Waals surface area contributed by atoms with Crippen molar-refractivity contribution in [2.24, 2.45) is 0 Å². The molecule has 0 aliphatic carbocycles. The maximum absolute atomic E-state index is 2.60. The minimum absolute atomic E-state index is 1.41. The summed E-state index contributed by atoms with van der Waals surface area (Å²) in [5.74, 6) is 0. The van der Waals surface area contributed by atoms with Crippen LogP contribution in [-0.4, -0.2) is 32.3 Å². The minimum Gasteiger partial charge on any atom is -0.0656 e. The van der Waals surface area contributed by atoms with E-state index in [1.165, 1.54) is 43.1 Å². The Balaban J connectivity index is 1.82. The second kappa shape index (κ2) is 7.06. The van der Waals surface area contributed by atoms with Crippen molar-refractivity contribution >= 4 is 96.1 Å². The van der Waals surface area contributed by atoms with Crippen molar-refractivity contribution in [3.8, 4) is 0 Å². The molecule has 5 aromatic rings. The van der Waals surface area contributed by atoms with Crippen LogP contribution in [0.1, 0.15) is 0 Å². The molecule has 0 aliphatic rings. The fraction of sp³-hybridized carbons (Fsp3) is 0.400. The number of fused-ring (bicyclic) bond motifs is 8. The van der Waals surface area contributed by atoms with Crippen molar-refractivity contribution in [1.82, 2.24) is 0 Å². The normalized spacial score (nSPS) is 14.5. The van der Waals surface area contributed by atoms with E-state index < -0.39 is 32.3 Å². The Morgan fingerprint density at radius 3 is 0.559 bits per heavy atom. The topological polar surface area (TPSA) is 0 Å². The van der Waals surface area contributed by atoms with Gasteiger partial charge in [0.05, 0.1) is 32.3 Å². The Bertz CT molecular complexity index is 1330. The third kappa shape index (κ3) is 3.55. The summed E-state index contributed by atoms with van der Waals surface area (Å²) in [5.41, 5.74) is 0. The largest absolute Gasteiger partial charge is 0.0774 e. The molecule has 0 nitrogen and oxygen atoms in total. The van der Waals surface area contributed by atoms with Gasteiger partial charge in [0.25, 0.3) is 0 Å². The zero-order valence-electron chi connectivity index (χ0n) is 23.5. The van der Waals surface area contributed by atoms with Gasteiger partial charge in [-0.3, -0.25) is 0 Å². The third-order valence-electron chi connectivity index (χ3n) is 7.87. The summed E-state index contributed by atoms with van der Waals surface area (Å²) in [6.07, 6.45) is 0. The van der Waals surface area contributed by atoms with Gasteiger partial charge in [0, 0.05) is 0 Å².